The van der Waals surface area contributed by atoms with Crippen molar-refractivity contribution in [2.45, 2.75) is 18.2 Å². The molecule has 0 spiro atoms. The number of hydrogen-bond donors (Lipinski definition) is 0. The summed E-state index contributed by atoms with van der Waals surface area (Å²) in [5.41, 5.74) is 2.96. The minimum absolute atomic E-state index is 0.0209. The van der Waals surface area contributed by atoms with Crippen LogP contribution in [-0.4, -0.2) is 36.2 Å². The van der Waals surface area contributed by atoms with Crippen LogP contribution in [0, 0.1) is 0 Å². The zero-order valence-corrected chi connectivity index (χ0v) is 21.8. The fourth-order valence-electron chi connectivity index (χ4n) is 4.03. The predicted molar refractivity (Wildman–Crippen MR) is 147 cm³/mol. The van der Waals surface area contributed by atoms with Gasteiger partial charge in [0, 0.05) is 29.1 Å². The van der Waals surface area contributed by atoms with Crippen LogP contribution >= 0.6 is 35.1 Å². The number of carbonyl (C=O) groups is 1. The number of fused-ring (bicyclic) bond motifs is 1. The zero-order valence-electron chi connectivity index (χ0n) is 19.4. The number of amidine groups is 1. The first-order valence-electron chi connectivity index (χ1n) is 11.3. The molecule has 0 N–H and O–H groups in total. The number of amides is 1. The molecule has 0 radical (unpaired) electrons. The molecule has 2 heterocycles. The third kappa shape index (κ3) is 4.94. The molecule has 8 heteroatoms. The Kier molecular flexibility index (Phi) is 7.09. The minimum atomic E-state index is -0.0209. The van der Waals surface area contributed by atoms with Crippen molar-refractivity contribution < 1.29 is 9.53 Å². The summed E-state index contributed by atoms with van der Waals surface area (Å²) < 4.78 is 5.44. The van der Waals surface area contributed by atoms with Gasteiger partial charge >= 0.3 is 0 Å². The average molecular weight is 522 g/mol. The minimum Gasteiger partial charge on any atom is -0.497 e. The van der Waals surface area contributed by atoms with Gasteiger partial charge in [-0.25, -0.2) is 4.99 Å². The van der Waals surface area contributed by atoms with Crippen molar-refractivity contribution in [1.82, 2.24) is 4.90 Å². The Bertz CT molecular complexity index is 1330. The summed E-state index contributed by atoms with van der Waals surface area (Å²) in [6.07, 6.45) is 0.742. The molecule has 178 valence electrons. The third-order valence-electron chi connectivity index (χ3n) is 5.78. The molecule has 3 aromatic rings. The number of thioether (sulfide) groups is 2. The van der Waals surface area contributed by atoms with Crippen LogP contribution in [0.1, 0.15) is 12.5 Å². The van der Waals surface area contributed by atoms with Crippen LogP contribution in [-0.2, 0) is 11.2 Å². The van der Waals surface area contributed by atoms with E-state index in [-0.39, 0.29) is 5.91 Å². The van der Waals surface area contributed by atoms with Crippen LogP contribution in [0.5, 0.6) is 5.75 Å². The largest absolute Gasteiger partial charge is 0.497 e. The van der Waals surface area contributed by atoms with Crippen molar-refractivity contribution in [2.24, 2.45) is 4.99 Å². The molecule has 1 fully saturated rings. The van der Waals surface area contributed by atoms with Crippen molar-refractivity contribution in [3.05, 3.63) is 93.3 Å². The molecular formula is C27H24ClN3O2S2. The van der Waals surface area contributed by atoms with Gasteiger partial charge in [-0.3, -0.25) is 9.69 Å². The SMILES string of the molecule is CCN1C(=C2SC(=Nc3cccc(Cl)c3)N(CCc3ccccc3)C2=O)Sc2ccc(OC)cc21. The summed E-state index contributed by atoms with van der Waals surface area (Å²) in [5.74, 6) is 0.777. The van der Waals surface area contributed by atoms with Crippen molar-refractivity contribution in [3.8, 4) is 5.75 Å². The van der Waals surface area contributed by atoms with E-state index in [0.717, 1.165) is 40.0 Å². The highest BCUT2D eigenvalue weighted by Crippen LogP contribution is 2.51. The number of methoxy groups -OCH3 is 1. The standard InChI is InChI=1S/C27H24ClN3O2S2/c1-3-30-22-17-21(33-2)12-13-23(22)34-26(30)24-25(32)31(15-14-18-8-5-4-6-9-18)27(35-24)29-20-11-7-10-19(28)16-20/h4-13,16-17H,3,14-15H2,1-2H3. The summed E-state index contributed by atoms with van der Waals surface area (Å²) in [4.78, 5) is 24.4. The van der Waals surface area contributed by atoms with E-state index in [1.54, 1.807) is 23.8 Å². The fourth-order valence-corrected chi connectivity index (χ4v) is 6.61. The number of carbonyl (C=O) groups excluding carboxylic acids is 1. The summed E-state index contributed by atoms with van der Waals surface area (Å²) in [7, 11) is 1.67. The molecule has 5 nitrogen and oxygen atoms in total. The molecule has 0 aromatic heterocycles. The summed E-state index contributed by atoms with van der Waals surface area (Å²) in [6.45, 7) is 3.38. The second-order valence-electron chi connectivity index (χ2n) is 7.98. The maximum atomic E-state index is 13.8. The van der Waals surface area contributed by atoms with E-state index in [0.29, 0.717) is 21.6 Å². The second kappa shape index (κ2) is 10.4. The molecule has 0 aliphatic carbocycles. The van der Waals surface area contributed by atoms with E-state index in [1.807, 2.05) is 60.7 Å². The van der Waals surface area contributed by atoms with Gasteiger partial charge in [-0.2, -0.15) is 0 Å². The normalized spacial score (nSPS) is 18.5. The molecule has 1 saturated heterocycles. The van der Waals surface area contributed by atoms with Crippen molar-refractivity contribution in [3.63, 3.8) is 0 Å². The first kappa shape index (κ1) is 23.9. The lowest BCUT2D eigenvalue weighted by Crippen LogP contribution is -2.32. The van der Waals surface area contributed by atoms with E-state index in [2.05, 4.69) is 24.0 Å². The highest BCUT2D eigenvalue weighted by Gasteiger charge is 2.39. The number of ether oxygens (including phenoxy) is 1. The molecule has 0 saturated carbocycles. The van der Waals surface area contributed by atoms with Gasteiger partial charge in [0.2, 0.25) is 0 Å². The van der Waals surface area contributed by atoms with Gasteiger partial charge in [-0.05, 0) is 61.0 Å². The van der Waals surface area contributed by atoms with Crippen LogP contribution in [0.15, 0.2) is 92.6 Å². The van der Waals surface area contributed by atoms with Gasteiger partial charge < -0.3 is 9.64 Å². The van der Waals surface area contributed by atoms with Gasteiger partial charge in [0.15, 0.2) is 5.17 Å². The monoisotopic (exact) mass is 521 g/mol. The van der Waals surface area contributed by atoms with Gasteiger partial charge in [0.25, 0.3) is 5.91 Å². The van der Waals surface area contributed by atoms with Gasteiger partial charge in [-0.1, -0.05) is 59.8 Å². The summed E-state index contributed by atoms with van der Waals surface area (Å²) >= 11 is 9.25. The Hall–Kier alpha value is -2.87. The maximum Gasteiger partial charge on any atom is 0.269 e. The van der Waals surface area contributed by atoms with Crippen LogP contribution in [0.2, 0.25) is 5.02 Å². The number of benzene rings is 3. The topological polar surface area (TPSA) is 45.1 Å². The first-order chi connectivity index (χ1) is 17.1. The Balaban J connectivity index is 1.52. The number of aliphatic imine (C=N–C) groups is 1. The molecular weight excluding hydrogens is 498 g/mol. The number of hydrogen-bond acceptors (Lipinski definition) is 6. The summed E-state index contributed by atoms with van der Waals surface area (Å²) in [5, 5.41) is 2.22. The van der Waals surface area contributed by atoms with Crippen LogP contribution in [0.3, 0.4) is 0 Å². The molecule has 2 aliphatic rings. The Labute approximate surface area is 218 Å². The summed E-state index contributed by atoms with van der Waals surface area (Å²) in [6, 6.07) is 23.6. The molecule has 2 aliphatic heterocycles. The fraction of sp³-hybridized carbons (Fsp3) is 0.185. The van der Waals surface area contributed by atoms with E-state index in [1.165, 1.54) is 17.3 Å². The Morgan fingerprint density at radius 3 is 2.54 bits per heavy atom. The van der Waals surface area contributed by atoms with Gasteiger partial charge in [0.05, 0.1) is 18.5 Å². The van der Waals surface area contributed by atoms with Crippen LogP contribution in [0.25, 0.3) is 0 Å². The second-order valence-corrected chi connectivity index (χ2v) is 10.4. The van der Waals surface area contributed by atoms with Crippen molar-refractivity contribution in [1.29, 1.82) is 0 Å². The van der Waals surface area contributed by atoms with Crippen molar-refractivity contribution in [2.75, 3.05) is 25.1 Å². The Morgan fingerprint density at radius 1 is 0.971 bits per heavy atom. The number of anilines is 1. The lowest BCUT2D eigenvalue weighted by atomic mass is 10.1. The number of halogens is 1. The number of nitrogens with zero attached hydrogens (tertiary/aromatic N) is 3. The molecule has 1 amide bonds. The lowest BCUT2D eigenvalue weighted by molar-refractivity contribution is -0.122. The maximum absolute atomic E-state index is 13.8. The van der Waals surface area contributed by atoms with E-state index < -0.39 is 0 Å². The first-order valence-corrected chi connectivity index (χ1v) is 13.3. The molecule has 35 heavy (non-hydrogen) atoms. The van der Waals surface area contributed by atoms with Gasteiger partial charge in [0.1, 0.15) is 15.7 Å². The smallest absolute Gasteiger partial charge is 0.269 e. The van der Waals surface area contributed by atoms with E-state index in [9.17, 15) is 4.79 Å². The van der Waals surface area contributed by atoms with E-state index in [4.69, 9.17) is 21.3 Å². The predicted octanol–water partition coefficient (Wildman–Crippen LogP) is 6.96. The molecule has 0 bridgehead atoms. The van der Waals surface area contributed by atoms with Crippen molar-refractivity contribution >= 4 is 57.6 Å². The molecule has 3 aromatic carbocycles. The van der Waals surface area contributed by atoms with Gasteiger partial charge in [-0.15, -0.1) is 0 Å². The van der Waals surface area contributed by atoms with Crippen LogP contribution in [0.4, 0.5) is 11.4 Å². The quantitative estimate of drug-likeness (QED) is 0.328. The number of rotatable bonds is 6. The molecule has 5 rings (SSSR count). The lowest BCUT2D eigenvalue weighted by Gasteiger charge is -2.19. The van der Waals surface area contributed by atoms with Crippen LogP contribution < -0.4 is 9.64 Å². The Morgan fingerprint density at radius 2 is 1.80 bits per heavy atom. The highest BCUT2D eigenvalue weighted by molar-refractivity contribution is 8.19. The zero-order chi connectivity index (χ0) is 24.4. The highest BCUT2D eigenvalue weighted by atomic mass is 35.5. The van der Waals surface area contributed by atoms with E-state index >= 15 is 0 Å². The average Bonchev–Trinajstić information content (AvgIpc) is 3.39. The molecule has 0 unspecified atom stereocenters. The molecule has 0 atom stereocenters. The third-order valence-corrected chi connectivity index (χ3v) is 8.40.